The van der Waals surface area contributed by atoms with Gasteiger partial charge in [-0.2, -0.15) is 0 Å². The molecule has 0 atom stereocenters. The van der Waals surface area contributed by atoms with Gasteiger partial charge in [-0.1, -0.05) is 17.7 Å². The number of anilines is 1. The summed E-state index contributed by atoms with van der Waals surface area (Å²) in [5.41, 5.74) is 6.74. The van der Waals surface area contributed by atoms with Gasteiger partial charge in [-0.25, -0.2) is 9.78 Å². The van der Waals surface area contributed by atoms with Crippen LogP contribution in [-0.4, -0.2) is 15.9 Å². The fourth-order valence-electron chi connectivity index (χ4n) is 1.23. The fraction of sp³-hybridized carbons (Fsp3) is 0.0909. The van der Waals surface area contributed by atoms with Gasteiger partial charge in [0.05, 0.1) is 6.33 Å². The number of hydrogen-bond acceptors (Lipinski definition) is 4. The van der Waals surface area contributed by atoms with Crippen molar-refractivity contribution in [2.45, 2.75) is 6.92 Å². The van der Waals surface area contributed by atoms with Crippen molar-refractivity contribution in [3.05, 3.63) is 41.9 Å². The number of aromatic nitrogens is 2. The first kappa shape index (κ1) is 10.2. The normalized spacial score (nSPS) is 10.1. The lowest BCUT2D eigenvalue weighted by Gasteiger charge is -2.03. The van der Waals surface area contributed by atoms with E-state index in [0.717, 1.165) is 5.56 Å². The third-order valence-corrected chi connectivity index (χ3v) is 2.10. The molecule has 2 rings (SSSR count). The topological polar surface area (TPSA) is 81.0 Å². The third kappa shape index (κ3) is 2.03. The molecule has 3 N–H and O–H groups in total. The van der Waals surface area contributed by atoms with Crippen molar-refractivity contribution in [3.8, 4) is 5.75 Å². The summed E-state index contributed by atoms with van der Waals surface area (Å²) in [4.78, 5) is 17.9. The Morgan fingerprint density at radius 3 is 2.62 bits per heavy atom. The third-order valence-electron chi connectivity index (χ3n) is 2.10. The highest BCUT2D eigenvalue weighted by molar-refractivity contribution is 5.93. The molecule has 1 heterocycles. The second-order valence-electron chi connectivity index (χ2n) is 3.37. The van der Waals surface area contributed by atoms with Crippen LogP contribution in [0.4, 0.5) is 5.82 Å². The number of nitrogens with two attached hydrogens (primary N) is 1. The molecule has 0 spiro atoms. The summed E-state index contributed by atoms with van der Waals surface area (Å²) in [5.74, 6) is 0.0700. The molecule has 0 saturated carbocycles. The summed E-state index contributed by atoms with van der Waals surface area (Å²) in [5, 5.41) is 0. The molecule has 0 aliphatic carbocycles. The number of carbonyl (C=O) groups excluding carboxylic acids is 1. The van der Waals surface area contributed by atoms with Crippen molar-refractivity contribution < 1.29 is 9.53 Å². The average molecular weight is 217 g/mol. The zero-order valence-electron chi connectivity index (χ0n) is 8.73. The maximum absolute atomic E-state index is 11.6. The zero-order chi connectivity index (χ0) is 11.5. The molecule has 0 fully saturated rings. The van der Waals surface area contributed by atoms with Crippen LogP contribution in [0.5, 0.6) is 5.75 Å². The molecule has 82 valence electrons. The van der Waals surface area contributed by atoms with E-state index < -0.39 is 5.97 Å². The quantitative estimate of drug-likeness (QED) is 0.590. The molecule has 1 aromatic heterocycles. The molecule has 16 heavy (non-hydrogen) atoms. The maximum Gasteiger partial charge on any atom is 0.364 e. The monoisotopic (exact) mass is 217 g/mol. The summed E-state index contributed by atoms with van der Waals surface area (Å²) in [6, 6.07) is 7.16. The summed E-state index contributed by atoms with van der Waals surface area (Å²) >= 11 is 0. The number of hydrogen-bond donors (Lipinski definition) is 2. The lowest BCUT2D eigenvalue weighted by Crippen LogP contribution is -2.11. The Morgan fingerprint density at radius 2 is 2.06 bits per heavy atom. The Balaban J connectivity index is 2.14. The molecule has 5 nitrogen and oxygen atoms in total. The second kappa shape index (κ2) is 4.06. The van der Waals surface area contributed by atoms with Crippen molar-refractivity contribution in [2.24, 2.45) is 0 Å². The van der Waals surface area contributed by atoms with Gasteiger partial charge in [-0.15, -0.1) is 0 Å². The summed E-state index contributed by atoms with van der Waals surface area (Å²) in [6.07, 6.45) is 1.35. The minimum Gasteiger partial charge on any atom is -0.422 e. The van der Waals surface area contributed by atoms with Gasteiger partial charge in [0.2, 0.25) is 0 Å². The first-order valence-corrected chi connectivity index (χ1v) is 4.74. The summed E-state index contributed by atoms with van der Waals surface area (Å²) in [6.45, 7) is 1.96. The highest BCUT2D eigenvalue weighted by Gasteiger charge is 2.14. The molecule has 0 aliphatic heterocycles. The van der Waals surface area contributed by atoms with Crippen LogP contribution in [0, 0.1) is 6.92 Å². The largest absolute Gasteiger partial charge is 0.422 e. The van der Waals surface area contributed by atoms with Crippen LogP contribution in [0.15, 0.2) is 30.6 Å². The summed E-state index contributed by atoms with van der Waals surface area (Å²) in [7, 11) is 0. The van der Waals surface area contributed by atoms with E-state index in [4.69, 9.17) is 10.5 Å². The van der Waals surface area contributed by atoms with Crippen LogP contribution in [0.3, 0.4) is 0 Å². The fourth-order valence-corrected chi connectivity index (χ4v) is 1.23. The molecule has 0 radical (unpaired) electrons. The van der Waals surface area contributed by atoms with Crippen LogP contribution in [-0.2, 0) is 0 Å². The summed E-state index contributed by atoms with van der Waals surface area (Å²) < 4.78 is 5.10. The lowest BCUT2D eigenvalue weighted by molar-refractivity contribution is 0.0730. The Labute approximate surface area is 92.3 Å². The van der Waals surface area contributed by atoms with Crippen LogP contribution in [0.1, 0.15) is 16.1 Å². The van der Waals surface area contributed by atoms with E-state index in [-0.39, 0.29) is 11.5 Å². The number of ether oxygens (including phenoxy) is 1. The number of rotatable bonds is 2. The van der Waals surface area contributed by atoms with Gasteiger partial charge in [-0.3, -0.25) is 0 Å². The van der Waals surface area contributed by atoms with Crippen molar-refractivity contribution in [1.82, 2.24) is 9.97 Å². The van der Waals surface area contributed by atoms with Gasteiger partial charge < -0.3 is 15.5 Å². The Kier molecular flexibility index (Phi) is 2.59. The van der Waals surface area contributed by atoms with Gasteiger partial charge in [-0.05, 0) is 19.1 Å². The van der Waals surface area contributed by atoms with E-state index in [1.165, 1.54) is 6.33 Å². The molecular formula is C11H11N3O2. The van der Waals surface area contributed by atoms with Gasteiger partial charge in [0.15, 0.2) is 11.5 Å². The van der Waals surface area contributed by atoms with Crippen molar-refractivity contribution >= 4 is 11.8 Å². The van der Waals surface area contributed by atoms with Gasteiger partial charge >= 0.3 is 5.97 Å². The van der Waals surface area contributed by atoms with E-state index in [1.807, 2.05) is 19.1 Å². The number of benzene rings is 1. The first-order chi connectivity index (χ1) is 7.66. The number of aromatic amines is 1. The molecule has 1 aromatic carbocycles. The van der Waals surface area contributed by atoms with Gasteiger partial charge in [0.25, 0.3) is 0 Å². The number of carbonyl (C=O) groups is 1. The molecule has 0 amide bonds. The van der Waals surface area contributed by atoms with Crippen molar-refractivity contribution in [3.63, 3.8) is 0 Å². The van der Waals surface area contributed by atoms with E-state index in [9.17, 15) is 4.79 Å². The zero-order valence-corrected chi connectivity index (χ0v) is 8.73. The van der Waals surface area contributed by atoms with Crippen LogP contribution in [0.25, 0.3) is 0 Å². The molecule has 0 aliphatic rings. The highest BCUT2D eigenvalue weighted by atomic mass is 16.5. The smallest absolute Gasteiger partial charge is 0.364 e. The Bertz CT molecular complexity index is 502. The van der Waals surface area contributed by atoms with Crippen LogP contribution < -0.4 is 10.5 Å². The van der Waals surface area contributed by atoms with Crippen LogP contribution >= 0.6 is 0 Å². The Morgan fingerprint density at radius 1 is 1.38 bits per heavy atom. The number of aryl methyl sites for hydroxylation is 1. The number of imidazole rings is 1. The average Bonchev–Trinajstić information content (AvgIpc) is 2.68. The molecule has 0 saturated heterocycles. The lowest BCUT2D eigenvalue weighted by atomic mass is 10.2. The molecule has 2 aromatic rings. The molecule has 5 heteroatoms. The van der Waals surface area contributed by atoms with Crippen LogP contribution in [0.2, 0.25) is 0 Å². The number of nitrogens with zero attached hydrogens (tertiary/aromatic N) is 1. The van der Waals surface area contributed by atoms with E-state index in [2.05, 4.69) is 9.97 Å². The Hall–Kier alpha value is -2.30. The van der Waals surface area contributed by atoms with Crippen molar-refractivity contribution in [1.29, 1.82) is 0 Å². The predicted octanol–water partition coefficient (Wildman–Crippen LogP) is 1.52. The molecular weight excluding hydrogens is 206 g/mol. The number of H-pyrrole nitrogens is 1. The van der Waals surface area contributed by atoms with Gasteiger partial charge in [0.1, 0.15) is 5.75 Å². The number of esters is 1. The van der Waals surface area contributed by atoms with Gasteiger partial charge in [0, 0.05) is 0 Å². The number of nitrogens with one attached hydrogen (secondary N) is 1. The predicted molar refractivity (Wildman–Crippen MR) is 59.1 cm³/mol. The number of nitrogen functional groups attached to an aromatic ring is 1. The van der Waals surface area contributed by atoms with E-state index in [1.54, 1.807) is 12.1 Å². The maximum atomic E-state index is 11.6. The van der Waals surface area contributed by atoms with E-state index in [0.29, 0.717) is 5.75 Å². The standard InChI is InChI=1S/C11H11N3O2/c1-7-2-4-8(5-3-7)16-11(15)9-10(12)14-6-13-9/h2-6H,12H2,1H3,(H,13,14). The van der Waals surface area contributed by atoms with E-state index >= 15 is 0 Å². The first-order valence-electron chi connectivity index (χ1n) is 4.74. The SMILES string of the molecule is Cc1ccc(OC(=O)c2[nH]cnc2N)cc1. The molecule has 0 unspecified atom stereocenters. The van der Waals surface area contributed by atoms with Crippen molar-refractivity contribution in [2.75, 3.05) is 5.73 Å². The molecule has 0 bridgehead atoms. The second-order valence-corrected chi connectivity index (χ2v) is 3.37. The minimum atomic E-state index is -0.543. The minimum absolute atomic E-state index is 0.136. The highest BCUT2D eigenvalue weighted by Crippen LogP contribution is 2.14.